The number of aliphatic hydroxyl groups is 1. The van der Waals surface area contributed by atoms with Crippen molar-refractivity contribution in [3.63, 3.8) is 0 Å². The van der Waals surface area contributed by atoms with Gasteiger partial charge in [-0.2, -0.15) is 0 Å². The number of fused-ring (bicyclic) bond motifs is 1. The van der Waals surface area contributed by atoms with E-state index in [4.69, 9.17) is 21.1 Å². The third kappa shape index (κ3) is 4.02. The van der Waals surface area contributed by atoms with E-state index in [9.17, 15) is 9.90 Å². The lowest BCUT2D eigenvalue weighted by Gasteiger charge is -2.21. The maximum atomic E-state index is 12.3. The fourth-order valence-corrected chi connectivity index (χ4v) is 2.52. The van der Waals surface area contributed by atoms with E-state index in [1.54, 1.807) is 12.1 Å². The Hall–Kier alpha value is -1.46. The van der Waals surface area contributed by atoms with E-state index in [0.717, 1.165) is 0 Å². The number of halogens is 1. The maximum absolute atomic E-state index is 12.3. The van der Waals surface area contributed by atoms with Crippen molar-refractivity contribution in [3.05, 3.63) is 22.7 Å². The number of nitrogens with one attached hydrogen (secondary N) is 1. The molecule has 0 aliphatic carbocycles. The number of aliphatic hydroxyl groups excluding tert-OH is 1. The number of hydrogen-bond donors (Lipinski definition) is 2. The fraction of sp³-hybridized carbons (Fsp3) is 0.533. The summed E-state index contributed by atoms with van der Waals surface area (Å²) in [5.41, 5.74) is 0.395. The van der Waals surface area contributed by atoms with Crippen molar-refractivity contribution in [3.8, 4) is 11.5 Å². The van der Waals surface area contributed by atoms with Gasteiger partial charge in [0.15, 0.2) is 11.5 Å². The van der Waals surface area contributed by atoms with Gasteiger partial charge in [-0.05, 0) is 24.5 Å². The average molecular weight is 314 g/mol. The second kappa shape index (κ2) is 7.00. The second-order valence-corrected chi connectivity index (χ2v) is 5.87. The van der Waals surface area contributed by atoms with E-state index in [0.29, 0.717) is 47.6 Å². The van der Waals surface area contributed by atoms with Gasteiger partial charge in [-0.15, -0.1) is 0 Å². The molecule has 1 atom stereocenters. The Labute approximate surface area is 129 Å². The van der Waals surface area contributed by atoms with Gasteiger partial charge in [0.25, 0.3) is 5.91 Å². The number of carbonyl (C=O) groups is 1. The number of hydrogen-bond acceptors (Lipinski definition) is 4. The summed E-state index contributed by atoms with van der Waals surface area (Å²) in [5.74, 6) is 1.04. The molecule has 5 nitrogen and oxygen atoms in total. The van der Waals surface area contributed by atoms with Gasteiger partial charge in [-0.3, -0.25) is 4.79 Å². The monoisotopic (exact) mass is 313 g/mol. The summed E-state index contributed by atoms with van der Waals surface area (Å²) in [7, 11) is 0. The highest BCUT2D eigenvalue weighted by Gasteiger charge is 2.21. The number of benzene rings is 1. The largest absolute Gasteiger partial charge is 0.486 e. The first-order valence-electron chi connectivity index (χ1n) is 7.02. The minimum Gasteiger partial charge on any atom is -0.486 e. The van der Waals surface area contributed by atoms with Crippen LogP contribution in [0.5, 0.6) is 11.5 Å². The SMILES string of the molecule is CC(C)CC(CO)NC(=O)c1cc(Cl)c2c(c1)OCCO2. The zero-order chi connectivity index (χ0) is 15.4. The summed E-state index contributed by atoms with van der Waals surface area (Å²) in [4.78, 5) is 12.3. The molecule has 1 aliphatic heterocycles. The summed E-state index contributed by atoms with van der Waals surface area (Å²) in [5, 5.41) is 12.5. The van der Waals surface area contributed by atoms with Crippen LogP contribution in [0.3, 0.4) is 0 Å². The van der Waals surface area contributed by atoms with Gasteiger partial charge in [-0.25, -0.2) is 0 Å². The Bertz CT molecular complexity index is 519. The van der Waals surface area contributed by atoms with Crippen LogP contribution in [-0.2, 0) is 0 Å². The van der Waals surface area contributed by atoms with Crippen molar-refractivity contribution in [2.75, 3.05) is 19.8 Å². The van der Waals surface area contributed by atoms with Crippen LogP contribution in [0.15, 0.2) is 12.1 Å². The molecular formula is C15H20ClNO4. The zero-order valence-corrected chi connectivity index (χ0v) is 12.9. The standard InChI is InChI=1S/C15H20ClNO4/c1-9(2)5-11(8-18)17-15(19)10-6-12(16)14-13(7-10)20-3-4-21-14/h6-7,9,11,18H,3-5,8H2,1-2H3,(H,17,19). The summed E-state index contributed by atoms with van der Waals surface area (Å²) in [6.45, 7) is 4.86. The predicted octanol–water partition coefficient (Wildman–Crippen LogP) is 2.25. The normalized spacial score (nSPS) is 14.9. The van der Waals surface area contributed by atoms with Gasteiger partial charge < -0.3 is 19.9 Å². The third-order valence-corrected chi connectivity index (χ3v) is 3.45. The topological polar surface area (TPSA) is 67.8 Å². The Morgan fingerprint density at radius 1 is 1.38 bits per heavy atom. The van der Waals surface area contributed by atoms with Crippen molar-refractivity contribution in [2.24, 2.45) is 5.92 Å². The molecule has 116 valence electrons. The van der Waals surface area contributed by atoms with E-state index >= 15 is 0 Å². The van der Waals surface area contributed by atoms with Crippen LogP contribution < -0.4 is 14.8 Å². The minimum absolute atomic E-state index is 0.0950. The quantitative estimate of drug-likeness (QED) is 0.875. The Balaban J connectivity index is 2.14. The van der Waals surface area contributed by atoms with Crippen LogP contribution in [0.4, 0.5) is 0 Å². The molecule has 0 bridgehead atoms. The molecule has 1 aliphatic rings. The fourth-order valence-electron chi connectivity index (χ4n) is 2.26. The third-order valence-electron chi connectivity index (χ3n) is 3.17. The van der Waals surface area contributed by atoms with Crippen LogP contribution in [0, 0.1) is 5.92 Å². The molecule has 1 unspecified atom stereocenters. The first kappa shape index (κ1) is 15.9. The molecule has 2 rings (SSSR count). The van der Waals surface area contributed by atoms with Crippen molar-refractivity contribution in [2.45, 2.75) is 26.3 Å². The zero-order valence-electron chi connectivity index (χ0n) is 12.2. The minimum atomic E-state index is -0.284. The molecule has 0 spiro atoms. The van der Waals surface area contributed by atoms with Crippen LogP contribution in [0.25, 0.3) is 0 Å². The summed E-state index contributed by atoms with van der Waals surface area (Å²) >= 11 is 6.11. The van der Waals surface area contributed by atoms with E-state index in [1.165, 1.54) is 0 Å². The summed E-state index contributed by atoms with van der Waals surface area (Å²) in [6, 6.07) is 2.89. The van der Waals surface area contributed by atoms with E-state index in [2.05, 4.69) is 5.32 Å². The van der Waals surface area contributed by atoms with Gasteiger partial charge in [0.2, 0.25) is 0 Å². The lowest BCUT2D eigenvalue weighted by molar-refractivity contribution is 0.0907. The molecule has 0 radical (unpaired) electrons. The number of ether oxygens (including phenoxy) is 2. The predicted molar refractivity (Wildman–Crippen MR) is 80.2 cm³/mol. The Morgan fingerprint density at radius 3 is 2.76 bits per heavy atom. The highest BCUT2D eigenvalue weighted by atomic mass is 35.5. The van der Waals surface area contributed by atoms with Crippen LogP contribution >= 0.6 is 11.6 Å². The highest BCUT2D eigenvalue weighted by molar-refractivity contribution is 6.32. The Kier molecular flexibility index (Phi) is 5.31. The summed E-state index contributed by atoms with van der Waals surface area (Å²) < 4.78 is 10.9. The molecule has 0 saturated carbocycles. The van der Waals surface area contributed by atoms with E-state index < -0.39 is 0 Å². The number of rotatable bonds is 5. The molecular weight excluding hydrogens is 294 g/mol. The van der Waals surface area contributed by atoms with Gasteiger partial charge in [0.05, 0.1) is 17.7 Å². The molecule has 1 aromatic carbocycles. The lowest BCUT2D eigenvalue weighted by Crippen LogP contribution is -2.38. The van der Waals surface area contributed by atoms with Gasteiger partial charge in [0, 0.05) is 5.56 Å². The average Bonchev–Trinajstić information content (AvgIpc) is 2.46. The van der Waals surface area contributed by atoms with Gasteiger partial charge >= 0.3 is 0 Å². The van der Waals surface area contributed by atoms with Crippen LogP contribution in [-0.4, -0.2) is 36.9 Å². The molecule has 1 amide bonds. The molecule has 0 fully saturated rings. The first-order valence-corrected chi connectivity index (χ1v) is 7.40. The van der Waals surface area contributed by atoms with E-state index in [1.807, 2.05) is 13.8 Å². The van der Waals surface area contributed by atoms with Crippen LogP contribution in [0.1, 0.15) is 30.6 Å². The molecule has 21 heavy (non-hydrogen) atoms. The van der Waals surface area contributed by atoms with Crippen molar-refractivity contribution >= 4 is 17.5 Å². The first-order chi connectivity index (χ1) is 10.0. The highest BCUT2D eigenvalue weighted by Crippen LogP contribution is 2.38. The smallest absolute Gasteiger partial charge is 0.251 e. The summed E-state index contributed by atoms with van der Waals surface area (Å²) in [6.07, 6.45) is 0.709. The lowest BCUT2D eigenvalue weighted by atomic mass is 10.0. The second-order valence-electron chi connectivity index (χ2n) is 5.46. The molecule has 6 heteroatoms. The molecule has 1 heterocycles. The molecule has 2 N–H and O–H groups in total. The van der Waals surface area contributed by atoms with Gasteiger partial charge in [0.1, 0.15) is 13.2 Å². The van der Waals surface area contributed by atoms with Gasteiger partial charge in [-0.1, -0.05) is 25.4 Å². The van der Waals surface area contributed by atoms with E-state index in [-0.39, 0.29) is 18.6 Å². The van der Waals surface area contributed by atoms with Crippen LogP contribution in [0.2, 0.25) is 5.02 Å². The molecule has 1 aromatic rings. The Morgan fingerprint density at radius 2 is 2.10 bits per heavy atom. The maximum Gasteiger partial charge on any atom is 0.251 e. The molecule has 0 saturated heterocycles. The number of amides is 1. The van der Waals surface area contributed by atoms with Crippen molar-refractivity contribution < 1.29 is 19.4 Å². The van der Waals surface area contributed by atoms with Crippen molar-refractivity contribution in [1.29, 1.82) is 0 Å². The number of carbonyl (C=O) groups excluding carboxylic acids is 1. The molecule has 0 aromatic heterocycles. The van der Waals surface area contributed by atoms with Crippen molar-refractivity contribution in [1.82, 2.24) is 5.32 Å².